The van der Waals surface area contributed by atoms with Gasteiger partial charge >= 0.3 is 12.3 Å². The Morgan fingerprint density at radius 2 is 2.08 bits per heavy atom. The normalized spacial score (nSPS) is 29.8. The van der Waals surface area contributed by atoms with E-state index in [1.807, 2.05) is 0 Å². The van der Waals surface area contributed by atoms with Gasteiger partial charge in [0.15, 0.2) is 6.61 Å². The third kappa shape index (κ3) is 2.24. The predicted octanol–water partition coefficient (Wildman–Crippen LogP) is 1.77. The zero-order chi connectivity index (χ0) is 9.41. The minimum Gasteiger partial charge on any atom is -0.427 e. The molecule has 12 heavy (non-hydrogen) atoms. The van der Waals surface area contributed by atoms with Gasteiger partial charge in [0.05, 0.1) is 0 Å². The van der Waals surface area contributed by atoms with Crippen LogP contribution >= 0.6 is 0 Å². The van der Waals surface area contributed by atoms with Gasteiger partial charge in [-0.2, -0.15) is 17.6 Å². The van der Waals surface area contributed by atoms with E-state index in [0.717, 1.165) is 0 Å². The smallest absolute Gasteiger partial charge is 0.427 e. The second-order valence-corrected chi connectivity index (χ2v) is 2.32. The molecular weight excluding hydrogens is 184 g/mol. The van der Waals surface area contributed by atoms with Gasteiger partial charge in [-0.3, -0.25) is 0 Å². The lowest BCUT2D eigenvalue weighted by molar-refractivity contribution is -0.200. The summed E-state index contributed by atoms with van der Waals surface area (Å²) in [5.74, 6) is -3.05. The standard InChI is InChI=1S/C5H4F4O3/c6-4(1-5(7,8)9)2-11-3(10)12-4/h1-2H2/t4-/m0/s1. The van der Waals surface area contributed by atoms with Gasteiger partial charge in [-0.15, -0.1) is 0 Å². The predicted molar refractivity (Wildman–Crippen MR) is 26.9 cm³/mol. The fraction of sp³-hybridized carbons (Fsp3) is 0.800. The molecule has 0 amide bonds. The quantitative estimate of drug-likeness (QED) is 0.464. The molecule has 3 nitrogen and oxygen atoms in total. The largest absolute Gasteiger partial charge is 0.511 e. The van der Waals surface area contributed by atoms with Crippen molar-refractivity contribution in [3.05, 3.63) is 0 Å². The summed E-state index contributed by atoms with van der Waals surface area (Å²) in [6.07, 6.45) is -7.98. The first-order valence-corrected chi connectivity index (χ1v) is 2.92. The molecule has 70 valence electrons. The van der Waals surface area contributed by atoms with Crippen molar-refractivity contribution in [3.8, 4) is 0 Å². The minimum absolute atomic E-state index is 1.01. The Morgan fingerprint density at radius 3 is 2.42 bits per heavy atom. The molecule has 0 radical (unpaired) electrons. The van der Waals surface area contributed by atoms with Crippen molar-refractivity contribution in [2.45, 2.75) is 18.5 Å². The van der Waals surface area contributed by atoms with Crippen LogP contribution in [0.25, 0.3) is 0 Å². The summed E-state index contributed by atoms with van der Waals surface area (Å²) in [5, 5.41) is 0. The Morgan fingerprint density at radius 1 is 1.50 bits per heavy atom. The van der Waals surface area contributed by atoms with Gasteiger partial charge in [0.25, 0.3) is 5.85 Å². The molecule has 1 heterocycles. The third-order valence-corrected chi connectivity index (χ3v) is 1.14. The second kappa shape index (κ2) is 2.49. The molecule has 0 bridgehead atoms. The van der Waals surface area contributed by atoms with Crippen LogP contribution in [0.15, 0.2) is 0 Å². The van der Waals surface area contributed by atoms with Crippen LogP contribution < -0.4 is 0 Å². The Labute approximate surface area is 64.2 Å². The molecule has 7 heteroatoms. The van der Waals surface area contributed by atoms with Crippen molar-refractivity contribution < 1.29 is 31.8 Å². The average molecular weight is 188 g/mol. The maximum absolute atomic E-state index is 12.8. The highest BCUT2D eigenvalue weighted by atomic mass is 19.4. The number of cyclic esters (lactones) is 2. The highest BCUT2D eigenvalue weighted by Crippen LogP contribution is 2.34. The van der Waals surface area contributed by atoms with Gasteiger partial charge in [-0.1, -0.05) is 0 Å². The summed E-state index contributed by atoms with van der Waals surface area (Å²) in [5.41, 5.74) is 0. The molecule has 0 spiro atoms. The first-order valence-electron chi connectivity index (χ1n) is 2.92. The number of carbonyl (C=O) groups is 1. The van der Waals surface area contributed by atoms with E-state index in [1.54, 1.807) is 0 Å². The molecule has 0 aliphatic carbocycles. The molecule has 1 rings (SSSR count). The fourth-order valence-corrected chi connectivity index (χ4v) is 0.761. The average Bonchev–Trinajstić information content (AvgIpc) is 2.05. The van der Waals surface area contributed by atoms with E-state index in [2.05, 4.69) is 9.47 Å². The summed E-state index contributed by atoms with van der Waals surface area (Å²) in [6.45, 7) is -1.01. The molecule has 0 saturated carbocycles. The van der Waals surface area contributed by atoms with Crippen LogP contribution in [0.4, 0.5) is 22.4 Å². The van der Waals surface area contributed by atoms with Gasteiger partial charge in [-0.25, -0.2) is 4.79 Å². The number of halogens is 4. The Kier molecular flexibility index (Phi) is 1.89. The first-order chi connectivity index (χ1) is 5.31. The monoisotopic (exact) mass is 188 g/mol. The highest BCUT2D eigenvalue weighted by molar-refractivity contribution is 5.62. The fourth-order valence-electron chi connectivity index (χ4n) is 0.761. The van der Waals surface area contributed by atoms with E-state index in [1.165, 1.54) is 0 Å². The van der Waals surface area contributed by atoms with E-state index in [0.29, 0.717) is 0 Å². The molecule has 0 N–H and O–H groups in total. The van der Waals surface area contributed by atoms with Crippen molar-refractivity contribution in [2.75, 3.05) is 6.61 Å². The van der Waals surface area contributed by atoms with Crippen LogP contribution in [-0.2, 0) is 9.47 Å². The lowest BCUT2D eigenvalue weighted by Crippen LogP contribution is -2.32. The Hall–Kier alpha value is -1.01. The van der Waals surface area contributed by atoms with Gasteiger partial charge in [0.1, 0.15) is 6.42 Å². The van der Waals surface area contributed by atoms with Crippen LogP contribution in [0.3, 0.4) is 0 Å². The van der Waals surface area contributed by atoms with E-state index in [4.69, 9.17) is 0 Å². The summed E-state index contributed by atoms with van der Waals surface area (Å²) < 4.78 is 55.1. The van der Waals surface area contributed by atoms with Gasteiger partial charge in [-0.05, 0) is 0 Å². The molecule has 1 atom stereocenters. The number of ether oxygens (including phenoxy) is 2. The topological polar surface area (TPSA) is 35.5 Å². The highest BCUT2D eigenvalue weighted by Gasteiger charge is 2.51. The number of hydrogen-bond acceptors (Lipinski definition) is 3. The summed E-state index contributed by atoms with van der Waals surface area (Å²) in [4.78, 5) is 10.1. The number of rotatable bonds is 1. The lowest BCUT2D eigenvalue weighted by atomic mass is 10.2. The van der Waals surface area contributed by atoms with Crippen LogP contribution in [-0.4, -0.2) is 24.8 Å². The van der Waals surface area contributed by atoms with Crippen molar-refractivity contribution in [2.24, 2.45) is 0 Å². The summed E-state index contributed by atoms with van der Waals surface area (Å²) >= 11 is 0. The van der Waals surface area contributed by atoms with E-state index in [9.17, 15) is 22.4 Å². The number of alkyl halides is 4. The van der Waals surface area contributed by atoms with Gasteiger partial charge in [0.2, 0.25) is 0 Å². The molecule has 0 aromatic heterocycles. The Bertz CT molecular complexity index is 201. The van der Waals surface area contributed by atoms with Crippen molar-refractivity contribution in [1.29, 1.82) is 0 Å². The Balaban J connectivity index is 2.56. The van der Waals surface area contributed by atoms with Gasteiger partial charge in [0, 0.05) is 0 Å². The van der Waals surface area contributed by atoms with Crippen LogP contribution in [0.5, 0.6) is 0 Å². The lowest BCUT2D eigenvalue weighted by Gasteiger charge is -2.16. The molecule has 0 aromatic carbocycles. The number of carbonyl (C=O) groups excluding carboxylic acids is 1. The van der Waals surface area contributed by atoms with E-state index < -0.39 is 31.2 Å². The molecule has 1 aliphatic rings. The molecule has 1 saturated heterocycles. The summed E-state index contributed by atoms with van der Waals surface area (Å²) in [6, 6.07) is 0. The second-order valence-electron chi connectivity index (χ2n) is 2.32. The van der Waals surface area contributed by atoms with Crippen LogP contribution in [0.1, 0.15) is 6.42 Å². The van der Waals surface area contributed by atoms with Crippen molar-refractivity contribution in [1.82, 2.24) is 0 Å². The molecule has 1 aliphatic heterocycles. The molecule has 1 fully saturated rings. The van der Waals surface area contributed by atoms with Crippen LogP contribution in [0.2, 0.25) is 0 Å². The SMILES string of the molecule is O=C1OC[C@](F)(CC(F)(F)F)O1. The van der Waals surface area contributed by atoms with Crippen molar-refractivity contribution >= 4 is 6.16 Å². The number of hydrogen-bond donors (Lipinski definition) is 0. The first kappa shape index (κ1) is 9.08. The molecular formula is C5H4F4O3. The molecule has 0 unspecified atom stereocenters. The van der Waals surface area contributed by atoms with Crippen molar-refractivity contribution in [3.63, 3.8) is 0 Å². The zero-order valence-corrected chi connectivity index (χ0v) is 5.65. The third-order valence-electron chi connectivity index (χ3n) is 1.14. The van der Waals surface area contributed by atoms with E-state index in [-0.39, 0.29) is 0 Å². The molecule has 0 aromatic rings. The maximum atomic E-state index is 12.8. The van der Waals surface area contributed by atoms with E-state index >= 15 is 0 Å². The minimum atomic E-state index is -4.72. The maximum Gasteiger partial charge on any atom is 0.511 e. The zero-order valence-electron chi connectivity index (χ0n) is 5.65. The van der Waals surface area contributed by atoms with Gasteiger partial charge < -0.3 is 9.47 Å². The van der Waals surface area contributed by atoms with Crippen LogP contribution in [0, 0.1) is 0 Å². The summed E-state index contributed by atoms with van der Waals surface area (Å²) in [7, 11) is 0.